The first-order valence-corrected chi connectivity index (χ1v) is 7.61. The van der Waals surface area contributed by atoms with Gasteiger partial charge in [-0.3, -0.25) is 0 Å². The van der Waals surface area contributed by atoms with Crippen LogP contribution in [0.5, 0.6) is 11.5 Å². The summed E-state index contributed by atoms with van der Waals surface area (Å²) in [5.41, 5.74) is 0. The van der Waals surface area contributed by atoms with Crippen molar-refractivity contribution < 1.29 is 17.9 Å². The van der Waals surface area contributed by atoms with E-state index >= 15 is 0 Å². The van der Waals surface area contributed by atoms with E-state index in [-0.39, 0.29) is 11.0 Å². The Balaban J connectivity index is 2.32. The minimum atomic E-state index is -3.74. The molecule has 1 aromatic carbocycles. The summed E-state index contributed by atoms with van der Waals surface area (Å²) in [6.45, 7) is 0. The summed E-state index contributed by atoms with van der Waals surface area (Å²) in [4.78, 5) is 0.0225. The van der Waals surface area contributed by atoms with Crippen molar-refractivity contribution in [3.63, 3.8) is 0 Å². The molecule has 0 radical (unpaired) electrons. The Morgan fingerprint density at radius 2 is 2.00 bits per heavy atom. The van der Waals surface area contributed by atoms with Crippen LogP contribution in [0.1, 0.15) is 19.3 Å². The van der Waals surface area contributed by atoms with Crippen LogP contribution in [0.25, 0.3) is 0 Å². The Labute approximate surface area is 105 Å². The summed E-state index contributed by atoms with van der Waals surface area (Å²) >= 11 is 0. The number of methoxy groups -OCH3 is 1. The highest BCUT2D eigenvalue weighted by Crippen LogP contribution is 2.34. The van der Waals surface area contributed by atoms with Crippen molar-refractivity contribution in [2.75, 3.05) is 7.11 Å². The fraction of sp³-hybridized carbons (Fsp3) is 0.455. The van der Waals surface area contributed by atoms with Crippen LogP contribution in [-0.4, -0.2) is 21.6 Å². The highest BCUT2D eigenvalue weighted by Gasteiger charge is 2.22. The van der Waals surface area contributed by atoms with Crippen molar-refractivity contribution >= 4 is 19.7 Å². The highest BCUT2D eigenvalue weighted by molar-refractivity contribution is 8.13. The summed E-state index contributed by atoms with van der Waals surface area (Å²) in [6.07, 6.45) is 3.26. The van der Waals surface area contributed by atoms with Crippen molar-refractivity contribution in [1.82, 2.24) is 0 Å². The molecule has 2 rings (SSSR count). The number of ether oxygens (including phenoxy) is 2. The van der Waals surface area contributed by atoms with E-state index in [0.29, 0.717) is 11.5 Å². The van der Waals surface area contributed by atoms with Crippen LogP contribution in [0.3, 0.4) is 0 Å². The third-order valence-electron chi connectivity index (χ3n) is 2.76. The van der Waals surface area contributed by atoms with Gasteiger partial charge in [-0.25, -0.2) is 8.42 Å². The Bertz CT molecular complexity index is 508. The molecule has 0 bridgehead atoms. The van der Waals surface area contributed by atoms with Gasteiger partial charge < -0.3 is 9.47 Å². The maximum absolute atomic E-state index is 11.2. The molecule has 0 aliphatic heterocycles. The molecule has 0 saturated heterocycles. The Kier molecular flexibility index (Phi) is 3.49. The van der Waals surface area contributed by atoms with Gasteiger partial charge in [-0.1, -0.05) is 0 Å². The topological polar surface area (TPSA) is 52.6 Å². The van der Waals surface area contributed by atoms with E-state index < -0.39 is 9.05 Å². The predicted octanol–water partition coefficient (Wildman–Crippen LogP) is 2.55. The van der Waals surface area contributed by atoms with Crippen LogP contribution in [0.2, 0.25) is 0 Å². The molecule has 0 N–H and O–H groups in total. The molecular weight excluding hydrogens is 264 g/mol. The fourth-order valence-corrected chi connectivity index (χ4v) is 2.34. The molecule has 1 aliphatic carbocycles. The van der Waals surface area contributed by atoms with Crippen LogP contribution >= 0.6 is 10.7 Å². The second-order valence-corrected chi connectivity index (χ2v) is 6.49. The van der Waals surface area contributed by atoms with Gasteiger partial charge >= 0.3 is 0 Å². The summed E-state index contributed by atoms with van der Waals surface area (Å²) in [7, 11) is 3.06. The molecule has 94 valence electrons. The molecular formula is C11H13ClO4S. The Morgan fingerprint density at radius 1 is 1.29 bits per heavy atom. The summed E-state index contributed by atoms with van der Waals surface area (Å²) in [5.74, 6) is 0.944. The molecule has 1 aromatic rings. The average molecular weight is 277 g/mol. The minimum absolute atomic E-state index is 0.0225. The van der Waals surface area contributed by atoms with Gasteiger partial charge in [-0.05, 0) is 31.4 Å². The minimum Gasteiger partial charge on any atom is -0.493 e. The van der Waals surface area contributed by atoms with Gasteiger partial charge in [0.25, 0.3) is 9.05 Å². The number of hydrogen-bond donors (Lipinski definition) is 0. The lowest BCUT2D eigenvalue weighted by Gasteiger charge is -2.27. The summed E-state index contributed by atoms with van der Waals surface area (Å²) in [6, 6.07) is 4.34. The van der Waals surface area contributed by atoms with Crippen molar-refractivity contribution in [3.05, 3.63) is 18.2 Å². The first-order valence-electron chi connectivity index (χ1n) is 5.30. The standard InChI is InChI=1S/C11H13ClO4S/c1-15-10-6-5-9(17(12,13)14)7-11(10)16-8-3-2-4-8/h5-8H,2-4H2,1H3. The molecule has 0 amide bonds. The molecule has 0 spiro atoms. The van der Waals surface area contributed by atoms with Crippen molar-refractivity contribution in [2.45, 2.75) is 30.3 Å². The largest absolute Gasteiger partial charge is 0.493 e. The third-order valence-corrected chi connectivity index (χ3v) is 4.11. The van der Waals surface area contributed by atoms with Crippen LogP contribution in [0.15, 0.2) is 23.1 Å². The zero-order chi connectivity index (χ0) is 12.5. The van der Waals surface area contributed by atoms with Crippen LogP contribution in [0, 0.1) is 0 Å². The zero-order valence-electron chi connectivity index (χ0n) is 9.35. The van der Waals surface area contributed by atoms with E-state index in [9.17, 15) is 8.42 Å². The number of halogens is 1. The molecule has 1 fully saturated rings. The molecule has 0 aromatic heterocycles. The van der Waals surface area contributed by atoms with Gasteiger partial charge in [0.05, 0.1) is 18.1 Å². The average Bonchev–Trinajstić information content (AvgIpc) is 2.22. The third kappa shape index (κ3) is 2.84. The van der Waals surface area contributed by atoms with Gasteiger partial charge in [-0.2, -0.15) is 0 Å². The molecule has 4 nitrogen and oxygen atoms in total. The maximum Gasteiger partial charge on any atom is 0.261 e. The monoisotopic (exact) mass is 276 g/mol. The molecule has 17 heavy (non-hydrogen) atoms. The Morgan fingerprint density at radius 3 is 2.47 bits per heavy atom. The maximum atomic E-state index is 11.2. The van der Waals surface area contributed by atoms with E-state index in [2.05, 4.69) is 0 Å². The van der Waals surface area contributed by atoms with Gasteiger partial charge in [0.15, 0.2) is 11.5 Å². The summed E-state index contributed by atoms with van der Waals surface area (Å²) < 4.78 is 33.2. The van der Waals surface area contributed by atoms with Gasteiger partial charge in [0.1, 0.15) is 0 Å². The highest BCUT2D eigenvalue weighted by atomic mass is 35.7. The van der Waals surface area contributed by atoms with Crippen molar-refractivity contribution in [3.8, 4) is 11.5 Å². The SMILES string of the molecule is COc1ccc(S(=O)(=O)Cl)cc1OC1CCC1. The smallest absolute Gasteiger partial charge is 0.261 e. The lowest BCUT2D eigenvalue weighted by atomic mass is 9.96. The zero-order valence-corrected chi connectivity index (χ0v) is 10.9. The lowest BCUT2D eigenvalue weighted by molar-refractivity contribution is 0.116. The number of rotatable bonds is 4. The van der Waals surface area contributed by atoms with E-state index in [0.717, 1.165) is 19.3 Å². The predicted molar refractivity (Wildman–Crippen MR) is 64.3 cm³/mol. The molecule has 0 heterocycles. The normalized spacial score (nSPS) is 16.4. The van der Waals surface area contributed by atoms with Crippen molar-refractivity contribution in [2.24, 2.45) is 0 Å². The molecule has 0 unspecified atom stereocenters. The van der Waals surface area contributed by atoms with Gasteiger partial charge in [-0.15, -0.1) is 0 Å². The van der Waals surface area contributed by atoms with Gasteiger partial charge in [0, 0.05) is 16.7 Å². The van der Waals surface area contributed by atoms with E-state index in [4.69, 9.17) is 20.2 Å². The number of hydrogen-bond acceptors (Lipinski definition) is 4. The second-order valence-electron chi connectivity index (χ2n) is 3.92. The Hall–Kier alpha value is -0.940. The quantitative estimate of drug-likeness (QED) is 0.793. The number of benzene rings is 1. The summed E-state index contributed by atoms with van der Waals surface area (Å²) in [5, 5.41) is 0. The van der Waals surface area contributed by atoms with E-state index in [1.165, 1.54) is 19.2 Å². The van der Waals surface area contributed by atoms with E-state index in [1.807, 2.05) is 0 Å². The van der Waals surface area contributed by atoms with E-state index in [1.54, 1.807) is 6.07 Å². The fourth-order valence-electron chi connectivity index (χ4n) is 1.57. The van der Waals surface area contributed by atoms with Crippen molar-refractivity contribution in [1.29, 1.82) is 0 Å². The van der Waals surface area contributed by atoms with Crippen LogP contribution in [-0.2, 0) is 9.05 Å². The van der Waals surface area contributed by atoms with Gasteiger partial charge in [0.2, 0.25) is 0 Å². The molecule has 6 heteroatoms. The first kappa shape index (κ1) is 12.5. The van der Waals surface area contributed by atoms with Crippen LogP contribution in [0.4, 0.5) is 0 Å². The second kappa shape index (κ2) is 4.74. The molecule has 0 atom stereocenters. The lowest BCUT2D eigenvalue weighted by Crippen LogP contribution is -2.24. The first-order chi connectivity index (χ1) is 8.00. The van der Waals surface area contributed by atoms with Crippen LogP contribution < -0.4 is 9.47 Å². The molecule has 1 saturated carbocycles. The molecule has 1 aliphatic rings.